The van der Waals surface area contributed by atoms with Crippen LogP contribution < -0.4 is 10.1 Å². The third-order valence-corrected chi connectivity index (χ3v) is 3.73. The molecule has 1 unspecified atom stereocenters. The Labute approximate surface area is 131 Å². The zero-order chi connectivity index (χ0) is 15.2. The summed E-state index contributed by atoms with van der Waals surface area (Å²) in [5.74, 6) is -0.148. The lowest BCUT2D eigenvalue weighted by Crippen LogP contribution is -2.28. The van der Waals surface area contributed by atoms with Gasteiger partial charge in [0.1, 0.15) is 11.8 Å². The fourth-order valence-corrected chi connectivity index (χ4v) is 2.62. The van der Waals surface area contributed by atoms with E-state index in [1.807, 2.05) is 36.4 Å². The van der Waals surface area contributed by atoms with Gasteiger partial charge in [-0.15, -0.1) is 0 Å². The second-order valence-corrected chi connectivity index (χ2v) is 5.39. The molecule has 0 bridgehead atoms. The van der Waals surface area contributed by atoms with E-state index in [1.165, 1.54) is 0 Å². The van der Waals surface area contributed by atoms with E-state index >= 15 is 0 Å². The highest BCUT2D eigenvalue weighted by Gasteiger charge is 2.18. The van der Waals surface area contributed by atoms with Crippen molar-refractivity contribution in [1.82, 2.24) is 5.32 Å². The molecule has 0 fully saturated rings. The van der Waals surface area contributed by atoms with Crippen molar-refractivity contribution in [2.24, 2.45) is 0 Å². The second kappa shape index (κ2) is 7.24. The molecule has 0 saturated heterocycles. The third-order valence-electron chi connectivity index (χ3n) is 3.11. The smallest absolute Gasteiger partial charge is 0.325 e. The van der Waals surface area contributed by atoms with Crippen LogP contribution in [0, 0.1) is 0 Å². The minimum Gasteiger partial charge on any atom is -0.496 e. The van der Waals surface area contributed by atoms with Crippen molar-refractivity contribution in [3.05, 3.63) is 64.1 Å². The van der Waals surface area contributed by atoms with E-state index in [0.29, 0.717) is 6.54 Å². The number of aliphatic carboxylic acids is 1. The van der Waals surface area contributed by atoms with Gasteiger partial charge in [-0.25, -0.2) is 0 Å². The average molecular weight is 350 g/mol. The Hall–Kier alpha value is -1.85. The van der Waals surface area contributed by atoms with Crippen molar-refractivity contribution in [1.29, 1.82) is 0 Å². The van der Waals surface area contributed by atoms with Gasteiger partial charge in [-0.05, 0) is 39.2 Å². The highest BCUT2D eigenvalue weighted by atomic mass is 79.9. The van der Waals surface area contributed by atoms with Crippen LogP contribution >= 0.6 is 15.9 Å². The summed E-state index contributed by atoms with van der Waals surface area (Å²) in [6.45, 7) is 0.453. The molecule has 0 aliphatic rings. The Morgan fingerprint density at radius 1 is 1.29 bits per heavy atom. The summed E-state index contributed by atoms with van der Waals surface area (Å²) in [4.78, 5) is 11.4. The van der Waals surface area contributed by atoms with Gasteiger partial charge in [-0.3, -0.25) is 10.1 Å². The van der Waals surface area contributed by atoms with Crippen LogP contribution in [-0.4, -0.2) is 18.2 Å². The minimum atomic E-state index is -0.895. The maximum Gasteiger partial charge on any atom is 0.325 e. The lowest BCUT2D eigenvalue weighted by atomic mass is 10.1. The third kappa shape index (κ3) is 4.06. The number of hydrogen-bond donors (Lipinski definition) is 2. The SMILES string of the molecule is COc1ccc(CNC(C(=O)O)c2ccccc2)cc1Br. The van der Waals surface area contributed by atoms with Crippen LogP contribution in [0.25, 0.3) is 0 Å². The normalized spacial score (nSPS) is 11.9. The molecule has 2 N–H and O–H groups in total. The van der Waals surface area contributed by atoms with Crippen LogP contribution in [0.2, 0.25) is 0 Å². The first-order valence-corrected chi connectivity index (χ1v) is 7.24. The van der Waals surface area contributed by atoms with Crippen LogP contribution in [0.4, 0.5) is 0 Å². The highest BCUT2D eigenvalue weighted by molar-refractivity contribution is 9.10. The lowest BCUT2D eigenvalue weighted by Gasteiger charge is -2.15. The summed E-state index contributed by atoms with van der Waals surface area (Å²) in [5.41, 5.74) is 1.71. The zero-order valence-electron chi connectivity index (χ0n) is 11.5. The second-order valence-electron chi connectivity index (χ2n) is 4.53. The standard InChI is InChI=1S/C16H16BrNO3/c1-21-14-8-7-11(9-13(14)17)10-18-15(16(19)20)12-5-3-2-4-6-12/h2-9,15,18H,10H2,1H3,(H,19,20). The monoisotopic (exact) mass is 349 g/mol. The van der Waals surface area contributed by atoms with Gasteiger partial charge >= 0.3 is 5.97 Å². The summed E-state index contributed by atoms with van der Waals surface area (Å²) < 4.78 is 6.02. The number of benzene rings is 2. The topological polar surface area (TPSA) is 58.6 Å². The van der Waals surface area contributed by atoms with E-state index in [9.17, 15) is 9.90 Å². The molecule has 0 aliphatic heterocycles. The molecule has 0 saturated carbocycles. The van der Waals surface area contributed by atoms with Crippen LogP contribution in [-0.2, 0) is 11.3 Å². The summed E-state index contributed by atoms with van der Waals surface area (Å²) >= 11 is 3.42. The molecule has 21 heavy (non-hydrogen) atoms. The molecule has 2 aromatic rings. The molecule has 0 spiro atoms. The van der Waals surface area contributed by atoms with Gasteiger partial charge in [-0.1, -0.05) is 36.4 Å². The van der Waals surface area contributed by atoms with Crippen molar-refractivity contribution < 1.29 is 14.6 Å². The molecule has 0 aromatic heterocycles. The summed E-state index contributed by atoms with van der Waals surface area (Å²) in [5, 5.41) is 12.4. The van der Waals surface area contributed by atoms with E-state index in [0.717, 1.165) is 21.3 Å². The van der Waals surface area contributed by atoms with Gasteiger partial charge in [-0.2, -0.15) is 0 Å². The fourth-order valence-electron chi connectivity index (χ4n) is 2.03. The molecule has 0 heterocycles. The molecular weight excluding hydrogens is 334 g/mol. The van der Waals surface area contributed by atoms with Crippen molar-refractivity contribution in [2.75, 3.05) is 7.11 Å². The number of methoxy groups -OCH3 is 1. The number of halogens is 1. The average Bonchev–Trinajstić information content (AvgIpc) is 2.48. The number of rotatable bonds is 6. The van der Waals surface area contributed by atoms with E-state index < -0.39 is 12.0 Å². The number of carboxylic acids is 1. The van der Waals surface area contributed by atoms with E-state index in [4.69, 9.17) is 4.74 Å². The Bertz CT molecular complexity index is 616. The summed E-state index contributed by atoms with van der Waals surface area (Å²) in [6, 6.07) is 14.1. The Kier molecular flexibility index (Phi) is 5.36. The molecule has 1 atom stereocenters. The molecule has 0 radical (unpaired) electrons. The first kappa shape index (κ1) is 15.5. The lowest BCUT2D eigenvalue weighted by molar-refractivity contribution is -0.139. The minimum absolute atomic E-state index is 0.453. The van der Waals surface area contributed by atoms with Crippen LogP contribution in [0.3, 0.4) is 0 Å². The van der Waals surface area contributed by atoms with Gasteiger partial charge in [0.25, 0.3) is 0 Å². The highest BCUT2D eigenvalue weighted by Crippen LogP contribution is 2.25. The number of carboxylic acid groups (broad SMARTS) is 1. The van der Waals surface area contributed by atoms with E-state index in [-0.39, 0.29) is 0 Å². The van der Waals surface area contributed by atoms with Gasteiger partial charge in [0.15, 0.2) is 0 Å². The van der Waals surface area contributed by atoms with Crippen molar-refractivity contribution >= 4 is 21.9 Å². The quantitative estimate of drug-likeness (QED) is 0.839. The van der Waals surface area contributed by atoms with Crippen LogP contribution in [0.1, 0.15) is 17.2 Å². The van der Waals surface area contributed by atoms with Crippen molar-refractivity contribution in [2.45, 2.75) is 12.6 Å². The number of ether oxygens (including phenoxy) is 1. The van der Waals surface area contributed by atoms with Crippen molar-refractivity contribution in [3.8, 4) is 5.75 Å². The number of hydrogen-bond acceptors (Lipinski definition) is 3. The Morgan fingerprint density at radius 2 is 2.00 bits per heavy atom. The summed E-state index contributed by atoms with van der Waals surface area (Å²) in [7, 11) is 1.61. The van der Waals surface area contributed by atoms with Crippen LogP contribution in [0.5, 0.6) is 5.75 Å². The van der Waals surface area contributed by atoms with E-state index in [1.54, 1.807) is 19.2 Å². The predicted octanol–water partition coefficient (Wildman–Crippen LogP) is 3.37. The molecule has 0 aliphatic carbocycles. The first-order chi connectivity index (χ1) is 10.1. The van der Waals surface area contributed by atoms with Gasteiger partial charge < -0.3 is 9.84 Å². The summed E-state index contributed by atoms with van der Waals surface area (Å²) in [6.07, 6.45) is 0. The maximum absolute atomic E-state index is 11.4. The van der Waals surface area contributed by atoms with E-state index in [2.05, 4.69) is 21.2 Å². The first-order valence-electron chi connectivity index (χ1n) is 6.45. The molecule has 2 rings (SSSR count). The predicted molar refractivity (Wildman–Crippen MR) is 84.4 cm³/mol. The largest absolute Gasteiger partial charge is 0.496 e. The number of nitrogens with one attached hydrogen (secondary N) is 1. The molecular formula is C16H16BrNO3. The Balaban J connectivity index is 2.09. The molecule has 110 valence electrons. The molecule has 4 nitrogen and oxygen atoms in total. The van der Waals surface area contributed by atoms with Gasteiger partial charge in [0.2, 0.25) is 0 Å². The number of carbonyl (C=O) groups is 1. The molecule has 5 heteroatoms. The fraction of sp³-hybridized carbons (Fsp3) is 0.188. The molecule has 2 aromatic carbocycles. The zero-order valence-corrected chi connectivity index (χ0v) is 13.1. The Morgan fingerprint density at radius 3 is 2.57 bits per heavy atom. The van der Waals surface area contributed by atoms with Crippen LogP contribution in [0.15, 0.2) is 53.0 Å². The van der Waals surface area contributed by atoms with Crippen molar-refractivity contribution in [3.63, 3.8) is 0 Å². The maximum atomic E-state index is 11.4. The van der Waals surface area contributed by atoms with Gasteiger partial charge in [0, 0.05) is 6.54 Å². The van der Waals surface area contributed by atoms with Gasteiger partial charge in [0.05, 0.1) is 11.6 Å². The molecule has 0 amide bonds.